The highest BCUT2D eigenvalue weighted by Crippen LogP contribution is 2.48. The Morgan fingerprint density at radius 1 is 1.40 bits per heavy atom. The van der Waals surface area contributed by atoms with Crippen molar-refractivity contribution in [2.75, 3.05) is 13.7 Å². The minimum absolute atomic E-state index is 0.0378. The fourth-order valence-corrected chi connectivity index (χ4v) is 5.87. The van der Waals surface area contributed by atoms with Crippen LogP contribution in [0.1, 0.15) is 32.8 Å². The summed E-state index contributed by atoms with van der Waals surface area (Å²) in [6.07, 6.45) is -0.0500. The van der Waals surface area contributed by atoms with Crippen molar-refractivity contribution < 1.29 is 22.3 Å². The van der Waals surface area contributed by atoms with Gasteiger partial charge >= 0.3 is 0 Å². The van der Waals surface area contributed by atoms with Gasteiger partial charge in [0.25, 0.3) is 0 Å². The normalized spacial score (nSPS) is 33.2. The highest BCUT2D eigenvalue weighted by atomic mass is 32.2. The Labute approximate surface area is 147 Å². The molecule has 0 spiro atoms. The Balaban J connectivity index is 2.32. The Bertz CT molecular complexity index is 837. The molecule has 3 atom stereocenters. The van der Waals surface area contributed by atoms with Crippen LogP contribution in [-0.4, -0.2) is 44.1 Å². The molecule has 2 N–H and O–H groups in total. The maximum atomic E-state index is 14.7. The number of sulfone groups is 1. The third-order valence-corrected chi connectivity index (χ3v) is 8.29. The molecule has 2 aliphatic heterocycles. The summed E-state index contributed by atoms with van der Waals surface area (Å²) < 4.78 is 50.9. The fourth-order valence-electron chi connectivity index (χ4n) is 3.54. The second-order valence-corrected chi connectivity index (χ2v) is 9.85. The molecule has 0 saturated carbocycles. The number of amidine groups is 1. The summed E-state index contributed by atoms with van der Waals surface area (Å²) in [7, 11) is -2.27. The number of aliphatic imine (C=N–C) groups is 1. The van der Waals surface area contributed by atoms with Crippen molar-refractivity contribution in [3.63, 3.8) is 0 Å². The maximum Gasteiger partial charge on any atom is 0.168 e. The van der Waals surface area contributed by atoms with Crippen molar-refractivity contribution >= 4 is 15.7 Å². The van der Waals surface area contributed by atoms with Crippen LogP contribution in [-0.2, 0) is 20.1 Å². The summed E-state index contributed by atoms with van der Waals surface area (Å²) >= 11 is 0. The van der Waals surface area contributed by atoms with Gasteiger partial charge < -0.3 is 15.2 Å². The van der Waals surface area contributed by atoms with Gasteiger partial charge in [0.1, 0.15) is 27.7 Å². The van der Waals surface area contributed by atoms with Gasteiger partial charge in [0.15, 0.2) is 9.84 Å². The van der Waals surface area contributed by atoms with Crippen LogP contribution in [0.4, 0.5) is 4.39 Å². The van der Waals surface area contributed by atoms with E-state index in [4.69, 9.17) is 15.2 Å². The van der Waals surface area contributed by atoms with E-state index in [9.17, 15) is 12.8 Å². The van der Waals surface area contributed by atoms with Gasteiger partial charge in [-0.15, -0.1) is 0 Å². The largest absolute Gasteiger partial charge is 0.497 e. The van der Waals surface area contributed by atoms with Gasteiger partial charge in [-0.25, -0.2) is 12.8 Å². The number of hydrogen-bond acceptors (Lipinski definition) is 6. The zero-order valence-electron chi connectivity index (χ0n) is 14.7. The van der Waals surface area contributed by atoms with Crippen molar-refractivity contribution in [2.24, 2.45) is 10.7 Å². The Morgan fingerprint density at radius 2 is 2.08 bits per heavy atom. The van der Waals surface area contributed by atoms with Gasteiger partial charge in [0, 0.05) is 5.56 Å². The van der Waals surface area contributed by atoms with Crippen LogP contribution in [0, 0.1) is 5.82 Å². The Morgan fingerprint density at radius 3 is 2.72 bits per heavy atom. The average Bonchev–Trinajstić information content (AvgIpc) is 2.55. The van der Waals surface area contributed by atoms with Crippen molar-refractivity contribution in [1.29, 1.82) is 0 Å². The van der Waals surface area contributed by atoms with E-state index < -0.39 is 31.2 Å². The second-order valence-electron chi connectivity index (χ2n) is 7.17. The van der Waals surface area contributed by atoms with E-state index in [0.29, 0.717) is 5.75 Å². The van der Waals surface area contributed by atoms with Crippen molar-refractivity contribution in [2.45, 2.75) is 48.8 Å². The second kappa shape index (κ2) is 5.67. The van der Waals surface area contributed by atoms with Crippen molar-refractivity contribution in [3.8, 4) is 5.75 Å². The molecular weight excluding hydrogens is 347 g/mol. The van der Waals surface area contributed by atoms with Crippen LogP contribution in [0.2, 0.25) is 0 Å². The lowest BCUT2D eigenvalue weighted by molar-refractivity contribution is -0.0181. The zero-order valence-corrected chi connectivity index (χ0v) is 15.6. The van der Waals surface area contributed by atoms with E-state index in [1.165, 1.54) is 39.2 Å². The molecule has 1 saturated heterocycles. The molecule has 1 aromatic carbocycles. The van der Waals surface area contributed by atoms with Gasteiger partial charge in [-0.2, -0.15) is 0 Å². The van der Waals surface area contributed by atoms with Crippen LogP contribution >= 0.6 is 0 Å². The first-order valence-electron chi connectivity index (χ1n) is 8.11. The molecule has 1 fully saturated rings. The van der Waals surface area contributed by atoms with Crippen LogP contribution < -0.4 is 10.5 Å². The SMILES string of the molecule is COc1ccc(F)c([C@]23CO[C@H](C)C[C@H]2S(=O)(=O)C(C)(C)C(N)=N3)c1. The van der Waals surface area contributed by atoms with E-state index in [1.54, 1.807) is 6.92 Å². The van der Waals surface area contributed by atoms with Crippen LogP contribution in [0.5, 0.6) is 5.75 Å². The Hall–Kier alpha value is -1.67. The minimum atomic E-state index is -3.73. The fraction of sp³-hybridized carbons (Fsp3) is 0.588. The molecule has 2 aliphatic rings. The number of rotatable bonds is 2. The number of fused-ring (bicyclic) bond motifs is 1. The first-order valence-corrected chi connectivity index (χ1v) is 9.66. The summed E-state index contributed by atoms with van der Waals surface area (Å²) in [5.41, 5.74) is 4.75. The minimum Gasteiger partial charge on any atom is -0.497 e. The number of nitrogens with zero attached hydrogens (tertiary/aromatic N) is 1. The summed E-state index contributed by atoms with van der Waals surface area (Å²) in [4.78, 5) is 4.52. The van der Waals surface area contributed by atoms with E-state index in [0.717, 1.165) is 0 Å². The quantitative estimate of drug-likeness (QED) is 0.857. The summed E-state index contributed by atoms with van der Waals surface area (Å²) in [5, 5.41) is -0.923. The number of halogens is 1. The number of methoxy groups -OCH3 is 1. The van der Waals surface area contributed by atoms with E-state index in [1.807, 2.05) is 0 Å². The van der Waals surface area contributed by atoms with Gasteiger partial charge in [-0.05, 0) is 45.4 Å². The molecule has 0 radical (unpaired) electrons. The molecule has 138 valence electrons. The van der Waals surface area contributed by atoms with Gasteiger partial charge in [-0.1, -0.05) is 0 Å². The maximum absolute atomic E-state index is 14.7. The molecule has 0 amide bonds. The zero-order chi connectivity index (χ0) is 18.6. The highest BCUT2D eigenvalue weighted by molar-refractivity contribution is 7.94. The van der Waals surface area contributed by atoms with Gasteiger partial charge in [0.05, 0.1) is 25.1 Å². The molecule has 1 aromatic rings. The predicted molar refractivity (Wildman–Crippen MR) is 93.1 cm³/mol. The average molecular weight is 370 g/mol. The van der Waals surface area contributed by atoms with Crippen LogP contribution in [0.25, 0.3) is 0 Å². The third kappa shape index (κ3) is 2.45. The molecule has 0 aromatic heterocycles. The number of nitrogens with two attached hydrogens (primary N) is 1. The summed E-state index contributed by atoms with van der Waals surface area (Å²) in [6, 6.07) is 4.20. The van der Waals surface area contributed by atoms with Crippen LogP contribution in [0.3, 0.4) is 0 Å². The number of benzene rings is 1. The lowest BCUT2D eigenvalue weighted by Gasteiger charge is -2.49. The van der Waals surface area contributed by atoms with Crippen molar-refractivity contribution in [1.82, 2.24) is 0 Å². The molecule has 0 unspecified atom stereocenters. The monoisotopic (exact) mass is 370 g/mol. The topological polar surface area (TPSA) is 91.0 Å². The molecule has 2 heterocycles. The lowest BCUT2D eigenvalue weighted by Crippen LogP contribution is -2.64. The van der Waals surface area contributed by atoms with Crippen LogP contribution in [0.15, 0.2) is 23.2 Å². The summed E-state index contributed by atoms with van der Waals surface area (Å²) in [6.45, 7) is 4.81. The molecule has 3 rings (SSSR count). The molecule has 0 bridgehead atoms. The standard InChI is InChI=1S/C17H23FN2O4S/c1-10-7-14-17(9-24-10,12-8-11(23-4)5-6-13(12)18)20-15(19)16(2,3)25(14,21)22/h5-6,8,10,14H,7,9H2,1-4H3,(H2,19,20)/t10-,14-,17-/m1/s1. The first-order chi connectivity index (χ1) is 11.6. The Kier molecular flexibility index (Phi) is 4.11. The van der Waals surface area contributed by atoms with E-state index in [2.05, 4.69) is 4.99 Å². The third-order valence-electron chi connectivity index (χ3n) is 5.33. The highest BCUT2D eigenvalue weighted by Gasteiger charge is 2.61. The van der Waals surface area contributed by atoms with E-state index in [-0.39, 0.29) is 30.5 Å². The number of ether oxygens (including phenoxy) is 2. The number of hydrogen-bond donors (Lipinski definition) is 1. The lowest BCUT2D eigenvalue weighted by atomic mass is 9.82. The van der Waals surface area contributed by atoms with E-state index >= 15 is 0 Å². The molecule has 0 aliphatic carbocycles. The molecule has 8 heteroatoms. The van der Waals surface area contributed by atoms with Gasteiger partial charge in [-0.3, -0.25) is 4.99 Å². The first kappa shape index (κ1) is 18.1. The van der Waals surface area contributed by atoms with Crippen molar-refractivity contribution in [3.05, 3.63) is 29.6 Å². The van der Waals surface area contributed by atoms with Gasteiger partial charge in [0.2, 0.25) is 0 Å². The molecule has 6 nitrogen and oxygen atoms in total. The summed E-state index contributed by atoms with van der Waals surface area (Å²) in [5.74, 6) is -0.182. The molecular formula is C17H23FN2O4S. The molecule has 25 heavy (non-hydrogen) atoms. The smallest absolute Gasteiger partial charge is 0.168 e. The predicted octanol–water partition coefficient (Wildman–Crippen LogP) is 1.77.